The van der Waals surface area contributed by atoms with Crippen molar-refractivity contribution in [2.24, 2.45) is 0 Å². The average molecular weight is 450 g/mol. The molecule has 0 aliphatic heterocycles. The molecule has 3 rings (SSSR count). The van der Waals surface area contributed by atoms with Crippen molar-refractivity contribution < 1.29 is 4.79 Å². The first-order valence-electron chi connectivity index (χ1n) is 9.47. The summed E-state index contributed by atoms with van der Waals surface area (Å²) in [6, 6.07) is 12.1. The molecule has 1 heterocycles. The molecule has 0 fully saturated rings. The van der Waals surface area contributed by atoms with Crippen molar-refractivity contribution in [2.45, 2.75) is 25.7 Å². The second kappa shape index (κ2) is 10.4. The van der Waals surface area contributed by atoms with E-state index in [-0.39, 0.29) is 18.3 Å². The van der Waals surface area contributed by atoms with Gasteiger partial charge in [-0.25, -0.2) is 4.98 Å². The Morgan fingerprint density at radius 1 is 1.03 bits per heavy atom. The first kappa shape index (κ1) is 23.7. The Hall–Kier alpha value is -1.60. The van der Waals surface area contributed by atoms with E-state index in [4.69, 9.17) is 4.98 Å². The normalized spacial score (nSPS) is 11.0. The first-order chi connectivity index (χ1) is 13.4. The van der Waals surface area contributed by atoms with Gasteiger partial charge < -0.3 is 4.90 Å². The third kappa shape index (κ3) is 5.51. The highest BCUT2D eigenvalue weighted by atomic mass is 35.5. The van der Waals surface area contributed by atoms with Gasteiger partial charge in [0, 0.05) is 23.5 Å². The number of hydrogen-bond donors (Lipinski definition) is 0. The molecule has 0 aliphatic rings. The molecule has 0 saturated carbocycles. The van der Waals surface area contributed by atoms with E-state index in [2.05, 4.69) is 37.8 Å². The van der Waals surface area contributed by atoms with Crippen LogP contribution in [-0.4, -0.2) is 48.7 Å². The Morgan fingerprint density at radius 3 is 2.28 bits per heavy atom. The van der Waals surface area contributed by atoms with Gasteiger partial charge in [0.05, 0.1) is 10.2 Å². The second-order valence-corrected chi connectivity index (χ2v) is 9.41. The van der Waals surface area contributed by atoms with Crippen molar-refractivity contribution >= 4 is 56.8 Å². The lowest BCUT2D eigenvalue weighted by Gasteiger charge is -2.22. The zero-order chi connectivity index (χ0) is 20.3. The van der Waals surface area contributed by atoms with Gasteiger partial charge >= 0.3 is 0 Å². The minimum atomic E-state index is 0. The minimum absolute atomic E-state index is 0. The first-order valence-corrected chi connectivity index (χ1v) is 11.3. The number of rotatable bonds is 7. The van der Waals surface area contributed by atoms with Crippen LogP contribution in [0.5, 0.6) is 0 Å². The summed E-state index contributed by atoms with van der Waals surface area (Å²) in [5.74, 6) is 1.02. The number of nitrogens with zero attached hydrogens (tertiary/aromatic N) is 3. The summed E-state index contributed by atoms with van der Waals surface area (Å²) in [6.45, 7) is 7.68. The van der Waals surface area contributed by atoms with Crippen LogP contribution in [0.4, 0.5) is 5.13 Å². The van der Waals surface area contributed by atoms with Gasteiger partial charge in [-0.05, 0) is 69.1 Å². The molecule has 0 spiro atoms. The van der Waals surface area contributed by atoms with Crippen LogP contribution in [0.25, 0.3) is 10.2 Å². The number of carbonyl (C=O) groups excluding carboxylic acids is 1. The zero-order valence-corrected chi connectivity index (χ0v) is 20.0. The highest BCUT2D eigenvalue weighted by molar-refractivity contribution is 7.99. The second-order valence-electron chi connectivity index (χ2n) is 7.09. The number of benzene rings is 2. The molecule has 156 valence electrons. The number of fused-ring (bicyclic) bond motifs is 1. The van der Waals surface area contributed by atoms with Gasteiger partial charge in [0.1, 0.15) is 0 Å². The Bertz CT molecular complexity index is 931. The van der Waals surface area contributed by atoms with Gasteiger partial charge in [-0.2, -0.15) is 0 Å². The van der Waals surface area contributed by atoms with Gasteiger partial charge in [-0.1, -0.05) is 30.4 Å². The summed E-state index contributed by atoms with van der Waals surface area (Å²) >= 11 is 3.38. The van der Waals surface area contributed by atoms with Crippen LogP contribution in [0, 0.1) is 13.8 Å². The molecule has 0 unspecified atom stereocenters. The van der Waals surface area contributed by atoms with Crippen LogP contribution in [0.15, 0.2) is 41.3 Å². The molecule has 3 aromatic rings. The van der Waals surface area contributed by atoms with Crippen LogP contribution in [0.2, 0.25) is 0 Å². The lowest BCUT2D eigenvalue weighted by molar-refractivity contribution is 0.0985. The van der Waals surface area contributed by atoms with Crippen LogP contribution >= 0.6 is 35.5 Å². The third-order valence-electron chi connectivity index (χ3n) is 4.59. The van der Waals surface area contributed by atoms with Crippen molar-refractivity contribution in [3.8, 4) is 0 Å². The Morgan fingerprint density at radius 2 is 1.69 bits per heavy atom. The maximum atomic E-state index is 13.3. The Balaban J connectivity index is 0.00000300. The van der Waals surface area contributed by atoms with Gasteiger partial charge in [-0.3, -0.25) is 9.69 Å². The van der Waals surface area contributed by atoms with E-state index in [1.165, 1.54) is 10.5 Å². The number of aryl methyl sites for hydroxylation is 2. The van der Waals surface area contributed by atoms with Crippen molar-refractivity contribution in [1.82, 2.24) is 9.88 Å². The summed E-state index contributed by atoms with van der Waals surface area (Å²) in [4.78, 5) is 23.3. The SMILES string of the molecule is CCSc1ccc(C(=O)N(CCN(C)C)c2nc3c(C)ccc(C)c3s2)cc1.Cl. The van der Waals surface area contributed by atoms with E-state index in [0.717, 1.165) is 33.2 Å². The maximum Gasteiger partial charge on any atom is 0.260 e. The smallest absolute Gasteiger partial charge is 0.260 e. The standard InChI is InChI=1S/C22H27N3OS2.ClH/c1-6-27-18-11-9-17(10-12-18)21(26)25(14-13-24(4)5)22-23-19-15(2)7-8-16(3)20(19)28-22;/h7-12H,6,13-14H2,1-5H3;1H. The van der Waals surface area contributed by atoms with Crippen molar-refractivity contribution in [3.63, 3.8) is 0 Å². The van der Waals surface area contributed by atoms with Gasteiger partial charge in [0.15, 0.2) is 5.13 Å². The number of thiazole rings is 1. The summed E-state index contributed by atoms with van der Waals surface area (Å²) in [5.41, 5.74) is 4.04. The molecular weight excluding hydrogens is 422 g/mol. The van der Waals surface area contributed by atoms with Gasteiger partial charge in [-0.15, -0.1) is 24.2 Å². The average Bonchev–Trinajstić information content (AvgIpc) is 3.12. The number of thioether (sulfide) groups is 1. The molecule has 0 radical (unpaired) electrons. The fourth-order valence-corrected chi connectivity index (χ4v) is 4.76. The molecule has 0 aliphatic carbocycles. The monoisotopic (exact) mass is 449 g/mol. The fourth-order valence-electron chi connectivity index (χ4n) is 2.96. The molecule has 2 aromatic carbocycles. The summed E-state index contributed by atoms with van der Waals surface area (Å²) in [5, 5.41) is 0.770. The largest absolute Gasteiger partial charge is 0.308 e. The van der Waals surface area contributed by atoms with Crippen molar-refractivity contribution in [2.75, 3.05) is 37.8 Å². The van der Waals surface area contributed by atoms with E-state index in [1.54, 1.807) is 23.1 Å². The van der Waals surface area contributed by atoms with Crippen LogP contribution < -0.4 is 4.90 Å². The van der Waals surface area contributed by atoms with Crippen molar-refractivity contribution in [3.05, 3.63) is 53.1 Å². The molecular formula is C22H28ClN3OS2. The van der Waals surface area contributed by atoms with Gasteiger partial charge in [0.25, 0.3) is 5.91 Å². The molecule has 4 nitrogen and oxygen atoms in total. The van der Waals surface area contributed by atoms with E-state index in [1.807, 2.05) is 43.3 Å². The molecule has 29 heavy (non-hydrogen) atoms. The van der Waals surface area contributed by atoms with E-state index in [0.29, 0.717) is 12.1 Å². The predicted molar refractivity (Wildman–Crippen MR) is 129 cm³/mol. The number of anilines is 1. The highest BCUT2D eigenvalue weighted by Gasteiger charge is 2.22. The number of aromatic nitrogens is 1. The summed E-state index contributed by atoms with van der Waals surface area (Å²) < 4.78 is 1.16. The van der Waals surface area contributed by atoms with Crippen molar-refractivity contribution in [1.29, 1.82) is 0 Å². The quantitative estimate of drug-likeness (QED) is 0.436. The van der Waals surface area contributed by atoms with Crippen LogP contribution in [-0.2, 0) is 0 Å². The fraction of sp³-hybridized carbons (Fsp3) is 0.364. The number of likely N-dealkylation sites (N-methyl/N-ethyl adjacent to an activating group) is 1. The lowest BCUT2D eigenvalue weighted by atomic mass is 10.1. The number of halogens is 1. The lowest BCUT2D eigenvalue weighted by Crippen LogP contribution is -2.36. The summed E-state index contributed by atoms with van der Waals surface area (Å²) in [7, 11) is 4.04. The van der Waals surface area contributed by atoms with E-state index >= 15 is 0 Å². The number of carbonyl (C=O) groups is 1. The highest BCUT2D eigenvalue weighted by Crippen LogP contribution is 2.33. The molecule has 0 atom stereocenters. The van der Waals surface area contributed by atoms with E-state index in [9.17, 15) is 4.79 Å². The number of hydrogen-bond acceptors (Lipinski definition) is 5. The molecule has 1 aromatic heterocycles. The zero-order valence-electron chi connectivity index (χ0n) is 17.6. The molecule has 0 saturated heterocycles. The molecule has 0 N–H and O–H groups in total. The molecule has 0 bridgehead atoms. The molecule has 7 heteroatoms. The minimum Gasteiger partial charge on any atom is -0.308 e. The topological polar surface area (TPSA) is 36.4 Å². The Kier molecular flexibility index (Phi) is 8.52. The predicted octanol–water partition coefficient (Wildman–Crippen LogP) is 5.66. The van der Waals surface area contributed by atoms with E-state index < -0.39 is 0 Å². The third-order valence-corrected chi connectivity index (χ3v) is 6.70. The number of amides is 1. The van der Waals surface area contributed by atoms with Crippen LogP contribution in [0.1, 0.15) is 28.4 Å². The molecule has 1 amide bonds. The summed E-state index contributed by atoms with van der Waals surface area (Å²) in [6.07, 6.45) is 0. The Labute approximate surface area is 187 Å². The van der Waals surface area contributed by atoms with Gasteiger partial charge in [0.2, 0.25) is 0 Å². The van der Waals surface area contributed by atoms with Crippen LogP contribution in [0.3, 0.4) is 0 Å². The maximum absolute atomic E-state index is 13.3.